The fourth-order valence-electron chi connectivity index (χ4n) is 4.74. The molecule has 1 amide bonds. The molecule has 1 aromatic heterocycles. The summed E-state index contributed by atoms with van der Waals surface area (Å²) in [6, 6.07) is 13.1. The summed E-state index contributed by atoms with van der Waals surface area (Å²) in [6.45, 7) is 3.28. The highest BCUT2D eigenvalue weighted by molar-refractivity contribution is 5.94. The molecule has 1 aliphatic carbocycles. The quantitative estimate of drug-likeness (QED) is 0.666. The zero-order valence-electron chi connectivity index (χ0n) is 18.2. The summed E-state index contributed by atoms with van der Waals surface area (Å²) in [4.78, 5) is 21.4. The van der Waals surface area contributed by atoms with Crippen LogP contribution in [-0.4, -0.2) is 43.0 Å². The van der Waals surface area contributed by atoms with Gasteiger partial charge in [-0.1, -0.05) is 30.3 Å². The van der Waals surface area contributed by atoms with Gasteiger partial charge < -0.3 is 15.1 Å². The molecule has 2 heterocycles. The van der Waals surface area contributed by atoms with Gasteiger partial charge in [0.2, 0.25) is 5.91 Å². The van der Waals surface area contributed by atoms with Crippen molar-refractivity contribution >= 4 is 28.6 Å². The number of amides is 1. The van der Waals surface area contributed by atoms with Crippen LogP contribution in [0, 0.1) is 0 Å². The van der Waals surface area contributed by atoms with E-state index in [4.69, 9.17) is 0 Å². The maximum absolute atomic E-state index is 12.8. The molecule has 5 rings (SSSR count). The predicted molar refractivity (Wildman–Crippen MR) is 126 cm³/mol. The Balaban J connectivity index is 1.32. The molecule has 0 spiro atoms. The number of anilines is 1. The monoisotopic (exact) mass is 412 g/mol. The second-order valence-electron chi connectivity index (χ2n) is 8.60. The highest BCUT2D eigenvalue weighted by Crippen LogP contribution is 2.33. The molecule has 0 bridgehead atoms. The summed E-state index contributed by atoms with van der Waals surface area (Å²) in [5, 5.41) is 6.09. The van der Waals surface area contributed by atoms with Crippen LogP contribution in [0.5, 0.6) is 0 Å². The molecule has 0 fully saturated rings. The Hall–Kier alpha value is -3.18. The van der Waals surface area contributed by atoms with Gasteiger partial charge in [-0.05, 0) is 58.0 Å². The number of carbonyl (C=O) groups excluding carboxylic acids is 1. The Labute approximate surface area is 183 Å². The van der Waals surface area contributed by atoms with Gasteiger partial charge in [-0.2, -0.15) is 0 Å². The number of hydrogen-bond acceptors (Lipinski definition) is 4. The lowest BCUT2D eigenvalue weighted by Gasteiger charge is -2.18. The van der Waals surface area contributed by atoms with E-state index in [0.717, 1.165) is 49.4 Å². The van der Waals surface area contributed by atoms with Gasteiger partial charge in [-0.3, -0.25) is 4.79 Å². The Bertz CT molecular complexity index is 1170. The molecule has 2 aliphatic rings. The number of benzene rings is 2. The third-order valence-corrected chi connectivity index (χ3v) is 6.43. The second-order valence-corrected chi connectivity index (χ2v) is 8.60. The van der Waals surface area contributed by atoms with E-state index in [1.165, 1.54) is 27.5 Å². The van der Waals surface area contributed by atoms with E-state index in [-0.39, 0.29) is 5.91 Å². The average molecular weight is 413 g/mol. The second kappa shape index (κ2) is 8.16. The summed E-state index contributed by atoms with van der Waals surface area (Å²) >= 11 is 0. The number of rotatable bonds is 4. The van der Waals surface area contributed by atoms with E-state index < -0.39 is 0 Å². The van der Waals surface area contributed by atoms with Gasteiger partial charge in [0.25, 0.3) is 0 Å². The van der Waals surface area contributed by atoms with Crippen LogP contribution in [0.3, 0.4) is 0 Å². The Morgan fingerprint density at radius 3 is 2.90 bits per heavy atom. The largest absolute Gasteiger partial charge is 0.358 e. The molecule has 0 saturated heterocycles. The van der Waals surface area contributed by atoms with Crippen LogP contribution in [0.2, 0.25) is 0 Å². The Kier molecular flexibility index (Phi) is 5.20. The molecule has 5 nitrogen and oxygen atoms in total. The molecule has 0 atom stereocenters. The number of aromatic nitrogens is 1. The summed E-state index contributed by atoms with van der Waals surface area (Å²) in [6.07, 6.45) is 7.59. The zero-order valence-corrected chi connectivity index (χ0v) is 18.2. The topological polar surface area (TPSA) is 48.5 Å². The molecular weight excluding hydrogens is 384 g/mol. The maximum Gasteiger partial charge on any atom is 0.246 e. The minimum Gasteiger partial charge on any atom is -0.358 e. The first kappa shape index (κ1) is 19.8. The molecule has 31 heavy (non-hydrogen) atoms. The van der Waals surface area contributed by atoms with Gasteiger partial charge in [-0.25, -0.2) is 4.98 Å². The fraction of sp³-hybridized carbons (Fsp3) is 0.308. The van der Waals surface area contributed by atoms with E-state index in [9.17, 15) is 4.79 Å². The molecule has 0 radical (unpaired) electrons. The summed E-state index contributed by atoms with van der Waals surface area (Å²) < 4.78 is 0. The van der Waals surface area contributed by atoms with E-state index >= 15 is 0 Å². The van der Waals surface area contributed by atoms with Crippen LogP contribution in [0.4, 0.5) is 5.82 Å². The Morgan fingerprint density at radius 2 is 2.03 bits per heavy atom. The molecule has 1 aliphatic heterocycles. The zero-order chi connectivity index (χ0) is 21.4. The molecular formula is C26H28N4O. The molecule has 2 aromatic carbocycles. The normalized spacial score (nSPS) is 15.4. The first-order valence-electron chi connectivity index (χ1n) is 11.0. The van der Waals surface area contributed by atoms with Crippen molar-refractivity contribution in [1.29, 1.82) is 0 Å². The minimum atomic E-state index is -0.00607. The number of likely N-dealkylation sites (N-methyl/N-ethyl adjacent to an activating group) is 2. The van der Waals surface area contributed by atoms with Gasteiger partial charge in [0.15, 0.2) is 0 Å². The lowest BCUT2D eigenvalue weighted by Crippen LogP contribution is -2.25. The summed E-state index contributed by atoms with van der Waals surface area (Å²) in [7, 11) is 3.93. The van der Waals surface area contributed by atoms with Crippen LogP contribution in [0.25, 0.3) is 16.8 Å². The van der Waals surface area contributed by atoms with Crippen molar-refractivity contribution in [3.05, 3.63) is 76.5 Å². The standard InChI is InChI=1S/C26H28N4O/c1-29-13-12-27-16-22-14-18(15-28-26(22)29)6-11-24(31)30(2)17-21-10-9-20-8-7-19-4-3-5-23(21)25(19)20/h3-6,9-11,14-15,27H,7-8,12-13,16-17H2,1-2H3/b11-6+. The van der Waals surface area contributed by atoms with E-state index in [2.05, 4.69) is 58.6 Å². The van der Waals surface area contributed by atoms with Gasteiger partial charge >= 0.3 is 0 Å². The predicted octanol–water partition coefficient (Wildman–Crippen LogP) is 3.54. The third kappa shape index (κ3) is 3.81. The van der Waals surface area contributed by atoms with Crippen LogP contribution in [0.15, 0.2) is 48.7 Å². The molecule has 0 saturated carbocycles. The number of nitrogens with one attached hydrogen (secondary N) is 1. The lowest BCUT2D eigenvalue weighted by molar-refractivity contribution is -0.125. The van der Waals surface area contributed by atoms with Crippen LogP contribution < -0.4 is 10.2 Å². The van der Waals surface area contributed by atoms with Crippen molar-refractivity contribution in [2.24, 2.45) is 0 Å². The summed E-state index contributed by atoms with van der Waals surface area (Å²) in [5.74, 6) is 1.01. The molecule has 0 unspecified atom stereocenters. The number of pyridine rings is 1. The highest BCUT2D eigenvalue weighted by Gasteiger charge is 2.17. The number of hydrogen-bond donors (Lipinski definition) is 1. The van der Waals surface area contributed by atoms with Gasteiger partial charge in [0, 0.05) is 58.1 Å². The van der Waals surface area contributed by atoms with E-state index in [1.54, 1.807) is 11.0 Å². The maximum atomic E-state index is 12.8. The van der Waals surface area contributed by atoms with Crippen molar-refractivity contribution in [1.82, 2.24) is 15.2 Å². The van der Waals surface area contributed by atoms with E-state index in [0.29, 0.717) is 6.54 Å². The lowest BCUT2D eigenvalue weighted by atomic mass is 9.99. The van der Waals surface area contributed by atoms with Gasteiger partial charge in [0.1, 0.15) is 5.82 Å². The van der Waals surface area contributed by atoms with E-state index in [1.807, 2.05) is 19.3 Å². The number of fused-ring (bicyclic) bond motifs is 1. The van der Waals surface area contributed by atoms with Crippen molar-refractivity contribution in [3.63, 3.8) is 0 Å². The van der Waals surface area contributed by atoms with Crippen molar-refractivity contribution in [3.8, 4) is 0 Å². The third-order valence-electron chi connectivity index (χ3n) is 6.43. The molecule has 5 heteroatoms. The minimum absolute atomic E-state index is 0.00607. The van der Waals surface area contributed by atoms with Gasteiger partial charge in [-0.15, -0.1) is 0 Å². The van der Waals surface area contributed by atoms with Gasteiger partial charge in [0.05, 0.1) is 0 Å². The fourth-order valence-corrected chi connectivity index (χ4v) is 4.74. The number of aryl methyl sites for hydroxylation is 2. The molecule has 158 valence electrons. The van der Waals surface area contributed by atoms with Crippen LogP contribution in [0.1, 0.15) is 27.8 Å². The first-order valence-corrected chi connectivity index (χ1v) is 11.0. The van der Waals surface area contributed by atoms with Crippen LogP contribution in [-0.2, 0) is 30.7 Å². The van der Waals surface area contributed by atoms with Crippen molar-refractivity contribution < 1.29 is 4.79 Å². The molecule has 3 aromatic rings. The average Bonchev–Trinajstić information content (AvgIpc) is 3.12. The number of carbonyl (C=O) groups is 1. The summed E-state index contributed by atoms with van der Waals surface area (Å²) in [5.41, 5.74) is 6.17. The Morgan fingerprint density at radius 1 is 1.19 bits per heavy atom. The van der Waals surface area contributed by atoms with Crippen molar-refractivity contribution in [2.45, 2.75) is 25.9 Å². The SMILES string of the molecule is CN(Cc1ccc2c3c(cccc13)CC2)C(=O)/C=C/c1cnc2c(c1)CNCCN2C. The smallest absolute Gasteiger partial charge is 0.246 e. The highest BCUT2D eigenvalue weighted by atomic mass is 16.2. The molecule has 1 N–H and O–H groups in total. The van der Waals surface area contributed by atoms with Crippen molar-refractivity contribution in [2.75, 3.05) is 32.1 Å². The van der Waals surface area contributed by atoms with Crippen LogP contribution >= 0.6 is 0 Å². The number of nitrogens with zero attached hydrogens (tertiary/aromatic N) is 3. The first-order chi connectivity index (χ1) is 15.1.